The highest BCUT2D eigenvalue weighted by molar-refractivity contribution is 5.76. The van der Waals surface area contributed by atoms with Crippen LogP contribution < -0.4 is 5.84 Å². The van der Waals surface area contributed by atoms with Crippen LogP contribution in [0.25, 0.3) is 0 Å². The Morgan fingerprint density at radius 2 is 2.29 bits per heavy atom. The normalized spacial score (nSPS) is 13.1. The van der Waals surface area contributed by atoms with E-state index in [1.54, 1.807) is 6.21 Å². The van der Waals surface area contributed by atoms with Crippen molar-refractivity contribution < 1.29 is 0 Å². The van der Waals surface area contributed by atoms with Crippen LogP contribution >= 0.6 is 0 Å². The van der Waals surface area contributed by atoms with Crippen molar-refractivity contribution >= 4 is 6.21 Å². The average Bonchev–Trinajstić information content (AvgIpc) is 1.68. The Morgan fingerprint density at radius 3 is 2.43 bits per heavy atom. The van der Waals surface area contributed by atoms with Crippen LogP contribution in [-0.2, 0) is 0 Å². The Hall–Kier alpha value is -0.790. The predicted molar refractivity (Wildman–Crippen MR) is 32.1 cm³/mol. The molecule has 0 saturated carbocycles. The zero-order valence-electron chi connectivity index (χ0n) is 4.68. The molecule has 0 amide bonds. The Balaban J connectivity index is 3.58. The van der Waals surface area contributed by atoms with E-state index >= 15 is 0 Å². The van der Waals surface area contributed by atoms with Crippen LogP contribution in [0.2, 0.25) is 0 Å². The first-order chi connectivity index (χ1) is 3.31. The molecule has 0 aliphatic heterocycles. The molecule has 0 aliphatic carbocycles. The summed E-state index contributed by atoms with van der Waals surface area (Å²) in [5.41, 5.74) is 1.09. The first-order valence-corrected chi connectivity index (χ1v) is 2.17. The Labute approximate surface area is 43.7 Å². The average molecular weight is 98.1 g/mol. The van der Waals surface area contributed by atoms with E-state index in [-0.39, 0.29) is 0 Å². The zero-order valence-corrected chi connectivity index (χ0v) is 4.68. The maximum atomic E-state index is 4.83. The van der Waals surface area contributed by atoms with Crippen molar-refractivity contribution in [3.8, 4) is 0 Å². The molecular formula is C5H10N2. The summed E-state index contributed by atoms with van der Waals surface area (Å²) in [6, 6.07) is 0. The van der Waals surface area contributed by atoms with Gasteiger partial charge in [0.05, 0.1) is 0 Å². The van der Waals surface area contributed by atoms with E-state index in [1.165, 1.54) is 0 Å². The molecule has 0 radical (unpaired) electrons. The van der Waals surface area contributed by atoms with E-state index in [4.69, 9.17) is 5.84 Å². The fraction of sp³-hybridized carbons (Fsp3) is 0.400. The van der Waals surface area contributed by atoms with Crippen molar-refractivity contribution in [3.05, 3.63) is 11.6 Å². The summed E-state index contributed by atoms with van der Waals surface area (Å²) in [7, 11) is 0. The van der Waals surface area contributed by atoms with Gasteiger partial charge < -0.3 is 5.84 Å². The highest BCUT2D eigenvalue weighted by Crippen LogP contribution is 1.82. The molecule has 0 aromatic carbocycles. The topological polar surface area (TPSA) is 38.4 Å². The first-order valence-electron chi connectivity index (χ1n) is 2.17. The molecule has 2 N–H and O–H groups in total. The second-order valence-electron chi connectivity index (χ2n) is 1.31. The summed E-state index contributed by atoms with van der Waals surface area (Å²) < 4.78 is 0. The van der Waals surface area contributed by atoms with Gasteiger partial charge in [0.25, 0.3) is 0 Å². The van der Waals surface area contributed by atoms with Crippen molar-refractivity contribution in [2.45, 2.75) is 13.8 Å². The molecule has 0 bridgehead atoms. The third-order valence-corrected chi connectivity index (χ3v) is 0.734. The van der Waals surface area contributed by atoms with Gasteiger partial charge in [-0.25, -0.2) is 0 Å². The van der Waals surface area contributed by atoms with Crippen molar-refractivity contribution in [3.63, 3.8) is 0 Å². The molecule has 0 aromatic rings. The highest BCUT2D eigenvalue weighted by atomic mass is 15.1. The Bertz CT molecular complexity index is 92.3. The Morgan fingerprint density at radius 1 is 1.71 bits per heavy atom. The molecule has 0 rings (SSSR count). The fourth-order valence-corrected chi connectivity index (χ4v) is 0.192. The molecule has 0 spiro atoms. The molecule has 0 aromatic heterocycles. The number of rotatable bonds is 1. The minimum absolute atomic E-state index is 1.09. The molecule has 2 heteroatoms. The molecule has 2 nitrogen and oxygen atoms in total. The van der Waals surface area contributed by atoms with Gasteiger partial charge in [-0.05, 0) is 19.4 Å². The maximum Gasteiger partial charge on any atom is 0.0491 e. The smallest absolute Gasteiger partial charge is 0.0491 e. The first kappa shape index (κ1) is 6.21. The lowest BCUT2D eigenvalue weighted by Gasteiger charge is -1.80. The molecule has 0 unspecified atom stereocenters. The van der Waals surface area contributed by atoms with Gasteiger partial charge in [0, 0.05) is 6.21 Å². The number of hydrazone groups is 1. The van der Waals surface area contributed by atoms with E-state index in [2.05, 4.69) is 5.10 Å². The molecule has 0 fully saturated rings. The summed E-state index contributed by atoms with van der Waals surface area (Å²) in [6.07, 6.45) is 3.55. The maximum absolute atomic E-state index is 4.83. The molecule has 7 heavy (non-hydrogen) atoms. The summed E-state index contributed by atoms with van der Waals surface area (Å²) >= 11 is 0. The summed E-state index contributed by atoms with van der Waals surface area (Å²) in [5, 5.41) is 3.31. The lowest BCUT2D eigenvalue weighted by Crippen LogP contribution is -1.82. The molecule has 0 saturated heterocycles. The monoisotopic (exact) mass is 98.1 g/mol. The third-order valence-electron chi connectivity index (χ3n) is 0.734. The summed E-state index contributed by atoms with van der Waals surface area (Å²) in [5.74, 6) is 4.83. The van der Waals surface area contributed by atoms with Gasteiger partial charge in [0.15, 0.2) is 0 Å². The van der Waals surface area contributed by atoms with E-state index in [9.17, 15) is 0 Å². The number of allylic oxidation sites excluding steroid dienone is 2. The van der Waals surface area contributed by atoms with Gasteiger partial charge >= 0.3 is 0 Å². The van der Waals surface area contributed by atoms with Gasteiger partial charge in [-0.2, -0.15) is 5.10 Å². The lowest BCUT2D eigenvalue weighted by atomic mass is 10.3. The van der Waals surface area contributed by atoms with Crippen molar-refractivity contribution in [1.29, 1.82) is 0 Å². The SMILES string of the molecule is C/C=C(C)/C=N\N. The van der Waals surface area contributed by atoms with Gasteiger partial charge in [0.1, 0.15) is 0 Å². The van der Waals surface area contributed by atoms with Crippen LogP contribution in [-0.4, -0.2) is 6.21 Å². The minimum atomic E-state index is 1.09. The standard InChI is InChI=1S/C5H10N2/c1-3-5(2)4-7-6/h3-4H,6H2,1-2H3/b5-3+,7-4-. The summed E-state index contributed by atoms with van der Waals surface area (Å²) in [6.45, 7) is 3.88. The number of nitrogens with two attached hydrogens (primary N) is 1. The van der Waals surface area contributed by atoms with Crippen LogP contribution in [0.1, 0.15) is 13.8 Å². The van der Waals surface area contributed by atoms with E-state index in [0.717, 1.165) is 5.57 Å². The molecular weight excluding hydrogens is 88.1 g/mol. The van der Waals surface area contributed by atoms with E-state index in [0.29, 0.717) is 0 Å². The number of hydrogen-bond donors (Lipinski definition) is 1. The van der Waals surface area contributed by atoms with E-state index < -0.39 is 0 Å². The quantitative estimate of drug-likeness (QED) is 0.295. The van der Waals surface area contributed by atoms with Crippen molar-refractivity contribution in [2.24, 2.45) is 10.9 Å². The second-order valence-corrected chi connectivity index (χ2v) is 1.31. The van der Waals surface area contributed by atoms with Gasteiger partial charge in [-0.3, -0.25) is 0 Å². The minimum Gasteiger partial charge on any atom is -0.323 e. The lowest BCUT2D eigenvalue weighted by molar-refractivity contribution is 1.26. The van der Waals surface area contributed by atoms with Gasteiger partial charge in [0.2, 0.25) is 0 Å². The van der Waals surface area contributed by atoms with Crippen LogP contribution in [0.3, 0.4) is 0 Å². The van der Waals surface area contributed by atoms with Crippen molar-refractivity contribution in [1.82, 2.24) is 0 Å². The van der Waals surface area contributed by atoms with Crippen LogP contribution in [0.15, 0.2) is 16.8 Å². The van der Waals surface area contributed by atoms with Gasteiger partial charge in [-0.1, -0.05) is 6.08 Å². The van der Waals surface area contributed by atoms with Crippen molar-refractivity contribution in [2.75, 3.05) is 0 Å². The Kier molecular flexibility index (Phi) is 3.02. The summed E-state index contributed by atoms with van der Waals surface area (Å²) in [4.78, 5) is 0. The molecule has 0 atom stereocenters. The fourth-order valence-electron chi connectivity index (χ4n) is 0.192. The second kappa shape index (κ2) is 3.40. The molecule has 40 valence electrons. The third kappa shape index (κ3) is 3.03. The molecule has 0 heterocycles. The van der Waals surface area contributed by atoms with Gasteiger partial charge in [-0.15, -0.1) is 0 Å². The predicted octanol–water partition coefficient (Wildman–Crippen LogP) is 0.897. The van der Waals surface area contributed by atoms with Crippen LogP contribution in [0.4, 0.5) is 0 Å². The van der Waals surface area contributed by atoms with Crippen LogP contribution in [0, 0.1) is 0 Å². The highest BCUT2D eigenvalue weighted by Gasteiger charge is 1.71. The van der Waals surface area contributed by atoms with E-state index in [1.807, 2.05) is 19.9 Å². The number of hydrogen-bond acceptors (Lipinski definition) is 2. The number of nitrogens with zero attached hydrogens (tertiary/aromatic N) is 1. The largest absolute Gasteiger partial charge is 0.323 e. The molecule has 0 aliphatic rings. The zero-order chi connectivity index (χ0) is 5.70. The van der Waals surface area contributed by atoms with Crippen LogP contribution in [0.5, 0.6) is 0 Å².